The van der Waals surface area contributed by atoms with Crippen LogP contribution < -0.4 is 5.32 Å². The Labute approximate surface area is 148 Å². The van der Waals surface area contributed by atoms with Crippen LogP contribution in [0.3, 0.4) is 0 Å². The molecule has 2 atom stereocenters. The quantitative estimate of drug-likeness (QED) is 0.576. The summed E-state index contributed by atoms with van der Waals surface area (Å²) < 4.78 is 5.58. The molecule has 1 aromatic rings. The minimum absolute atomic E-state index is 0.217. The molecular formula is C17H25BN2O5. The van der Waals surface area contributed by atoms with Gasteiger partial charge in [-0.2, -0.15) is 0 Å². The molecule has 1 aliphatic heterocycles. The van der Waals surface area contributed by atoms with Gasteiger partial charge in [-0.15, -0.1) is 0 Å². The summed E-state index contributed by atoms with van der Waals surface area (Å²) in [5, 5.41) is 25.3. The monoisotopic (exact) mass is 348 g/mol. The van der Waals surface area contributed by atoms with Gasteiger partial charge in [0.25, 0.3) is 5.91 Å². The zero-order valence-corrected chi connectivity index (χ0v) is 14.6. The highest BCUT2D eigenvalue weighted by molar-refractivity contribution is 6.43. The van der Waals surface area contributed by atoms with Gasteiger partial charge in [-0.3, -0.25) is 4.79 Å². The van der Waals surface area contributed by atoms with E-state index in [1.807, 2.05) is 44.2 Å². The van der Waals surface area contributed by atoms with Crippen LogP contribution in [-0.2, 0) is 21.0 Å². The van der Waals surface area contributed by atoms with Crippen molar-refractivity contribution >= 4 is 18.7 Å². The SMILES string of the molecule is CC(C)CC(NC(=O)C1CC(COCc2ccccc2)=NO1)B(O)O. The standard InChI is InChI=1S/C17H25BN2O5/c1-12(2)8-16(18(22)23)19-17(21)15-9-14(20-25-15)11-24-10-13-6-4-3-5-7-13/h3-7,12,15-16,22-23H,8-11H2,1-2H3,(H,19,21). The molecule has 0 aliphatic carbocycles. The van der Waals surface area contributed by atoms with Gasteiger partial charge in [-0.1, -0.05) is 49.3 Å². The lowest BCUT2D eigenvalue weighted by Crippen LogP contribution is -2.50. The number of rotatable bonds is 9. The fraction of sp³-hybridized carbons (Fsp3) is 0.529. The van der Waals surface area contributed by atoms with Crippen molar-refractivity contribution < 1.29 is 24.4 Å². The maximum absolute atomic E-state index is 12.2. The lowest BCUT2D eigenvalue weighted by atomic mass is 9.75. The molecule has 0 aromatic heterocycles. The number of carbonyl (C=O) groups is 1. The van der Waals surface area contributed by atoms with Crippen molar-refractivity contribution in [1.82, 2.24) is 5.32 Å². The van der Waals surface area contributed by atoms with Crippen LogP contribution in [0.5, 0.6) is 0 Å². The van der Waals surface area contributed by atoms with E-state index in [4.69, 9.17) is 9.57 Å². The molecule has 25 heavy (non-hydrogen) atoms. The summed E-state index contributed by atoms with van der Waals surface area (Å²) in [6.45, 7) is 4.64. The van der Waals surface area contributed by atoms with Crippen LogP contribution in [0.25, 0.3) is 0 Å². The molecule has 3 N–H and O–H groups in total. The maximum atomic E-state index is 12.2. The van der Waals surface area contributed by atoms with Crippen LogP contribution in [0.1, 0.15) is 32.3 Å². The van der Waals surface area contributed by atoms with E-state index in [0.717, 1.165) is 5.56 Å². The molecule has 1 heterocycles. The van der Waals surface area contributed by atoms with Gasteiger partial charge < -0.3 is 24.9 Å². The van der Waals surface area contributed by atoms with Crippen LogP contribution in [-0.4, -0.2) is 47.4 Å². The second-order valence-corrected chi connectivity index (χ2v) is 6.59. The zero-order valence-electron chi connectivity index (χ0n) is 14.6. The lowest BCUT2D eigenvalue weighted by Gasteiger charge is -2.20. The summed E-state index contributed by atoms with van der Waals surface area (Å²) >= 11 is 0. The van der Waals surface area contributed by atoms with Gasteiger partial charge in [-0.25, -0.2) is 0 Å². The number of carbonyl (C=O) groups excluding carboxylic acids is 1. The first-order valence-electron chi connectivity index (χ1n) is 8.45. The fourth-order valence-corrected chi connectivity index (χ4v) is 2.55. The first-order chi connectivity index (χ1) is 12.0. The Balaban J connectivity index is 1.73. The fourth-order valence-electron chi connectivity index (χ4n) is 2.55. The molecule has 1 aromatic carbocycles. The Kier molecular flexibility index (Phi) is 7.42. The number of nitrogens with one attached hydrogen (secondary N) is 1. The molecule has 2 rings (SSSR count). The molecule has 0 bridgehead atoms. The van der Waals surface area contributed by atoms with Crippen molar-refractivity contribution in [3.8, 4) is 0 Å². The Morgan fingerprint density at radius 2 is 2.08 bits per heavy atom. The minimum atomic E-state index is -1.61. The zero-order chi connectivity index (χ0) is 18.2. The molecule has 1 aliphatic rings. The molecule has 1 amide bonds. The molecule has 136 valence electrons. The molecule has 0 radical (unpaired) electrons. The Morgan fingerprint density at radius 3 is 2.72 bits per heavy atom. The summed E-state index contributed by atoms with van der Waals surface area (Å²) in [6, 6.07) is 9.77. The van der Waals surface area contributed by atoms with Crippen LogP contribution >= 0.6 is 0 Å². The Bertz CT molecular complexity index is 580. The van der Waals surface area contributed by atoms with Gasteiger partial charge >= 0.3 is 7.12 Å². The lowest BCUT2D eigenvalue weighted by molar-refractivity contribution is -0.131. The van der Waals surface area contributed by atoms with Gasteiger partial charge in [0, 0.05) is 6.42 Å². The van der Waals surface area contributed by atoms with E-state index in [0.29, 0.717) is 25.2 Å². The third kappa shape index (κ3) is 6.49. The number of nitrogens with zero attached hydrogens (tertiary/aromatic N) is 1. The number of hydrogen-bond acceptors (Lipinski definition) is 6. The Hall–Kier alpha value is -1.90. The van der Waals surface area contributed by atoms with Crippen molar-refractivity contribution in [2.45, 2.75) is 45.3 Å². The van der Waals surface area contributed by atoms with E-state index in [2.05, 4.69) is 10.5 Å². The van der Waals surface area contributed by atoms with Gasteiger partial charge in [0.15, 0.2) is 0 Å². The largest absolute Gasteiger partial charge is 0.475 e. The topological polar surface area (TPSA) is 100 Å². The molecule has 7 nitrogen and oxygen atoms in total. The van der Waals surface area contributed by atoms with E-state index >= 15 is 0 Å². The van der Waals surface area contributed by atoms with E-state index in [-0.39, 0.29) is 12.5 Å². The molecule has 8 heteroatoms. The summed E-state index contributed by atoms with van der Waals surface area (Å²) in [5.74, 6) is -0.912. The van der Waals surface area contributed by atoms with Gasteiger partial charge in [0.2, 0.25) is 6.10 Å². The predicted octanol–water partition coefficient (Wildman–Crippen LogP) is 0.891. The number of hydrogen-bond donors (Lipinski definition) is 3. The first-order valence-corrected chi connectivity index (χ1v) is 8.45. The number of amides is 1. The van der Waals surface area contributed by atoms with Crippen molar-refractivity contribution in [3.63, 3.8) is 0 Å². The summed E-state index contributed by atoms with van der Waals surface area (Å²) in [5.41, 5.74) is 1.71. The number of ether oxygens (including phenoxy) is 1. The molecular weight excluding hydrogens is 323 g/mol. The summed E-state index contributed by atoms with van der Waals surface area (Å²) in [6.07, 6.45) is 0.0318. The predicted molar refractivity (Wildman–Crippen MR) is 94.6 cm³/mol. The van der Waals surface area contributed by atoms with Crippen molar-refractivity contribution in [3.05, 3.63) is 35.9 Å². The van der Waals surface area contributed by atoms with Crippen LogP contribution in [0.2, 0.25) is 0 Å². The van der Waals surface area contributed by atoms with Gasteiger partial charge in [0.05, 0.1) is 24.9 Å². The second-order valence-electron chi connectivity index (χ2n) is 6.59. The summed E-state index contributed by atoms with van der Waals surface area (Å²) in [7, 11) is -1.61. The molecule has 0 saturated heterocycles. The minimum Gasteiger partial charge on any atom is -0.426 e. The van der Waals surface area contributed by atoms with Gasteiger partial charge in [-0.05, 0) is 17.9 Å². The second kappa shape index (κ2) is 9.55. The van der Waals surface area contributed by atoms with Crippen LogP contribution in [0, 0.1) is 5.92 Å². The molecule has 0 fully saturated rings. The Morgan fingerprint density at radius 1 is 1.36 bits per heavy atom. The van der Waals surface area contributed by atoms with Crippen LogP contribution in [0.15, 0.2) is 35.5 Å². The van der Waals surface area contributed by atoms with Crippen molar-refractivity contribution in [1.29, 1.82) is 0 Å². The van der Waals surface area contributed by atoms with Crippen molar-refractivity contribution in [2.75, 3.05) is 6.61 Å². The smallest absolute Gasteiger partial charge is 0.426 e. The van der Waals surface area contributed by atoms with E-state index in [1.165, 1.54) is 0 Å². The van der Waals surface area contributed by atoms with Gasteiger partial charge in [0.1, 0.15) is 0 Å². The summed E-state index contributed by atoms with van der Waals surface area (Å²) in [4.78, 5) is 17.4. The number of oxime groups is 1. The first kappa shape index (κ1) is 19.4. The number of benzene rings is 1. The average Bonchev–Trinajstić information content (AvgIpc) is 3.03. The molecule has 2 unspecified atom stereocenters. The average molecular weight is 348 g/mol. The molecule has 0 spiro atoms. The van der Waals surface area contributed by atoms with E-state index in [1.54, 1.807) is 0 Å². The normalized spacial score (nSPS) is 17.8. The maximum Gasteiger partial charge on any atom is 0.475 e. The highest BCUT2D eigenvalue weighted by Crippen LogP contribution is 2.13. The third-order valence-electron chi connectivity index (χ3n) is 3.82. The highest BCUT2D eigenvalue weighted by atomic mass is 16.6. The molecule has 0 saturated carbocycles. The highest BCUT2D eigenvalue weighted by Gasteiger charge is 2.33. The van der Waals surface area contributed by atoms with Crippen LogP contribution in [0.4, 0.5) is 0 Å². The van der Waals surface area contributed by atoms with E-state index < -0.39 is 25.1 Å². The third-order valence-corrected chi connectivity index (χ3v) is 3.82. The van der Waals surface area contributed by atoms with Crippen molar-refractivity contribution in [2.24, 2.45) is 11.1 Å². The van der Waals surface area contributed by atoms with E-state index in [9.17, 15) is 14.8 Å².